The number of aromatic nitrogens is 1. The highest BCUT2D eigenvalue weighted by atomic mass is 16.6. The number of nitrogens with zero attached hydrogens (tertiary/aromatic N) is 3. The second-order valence-electron chi connectivity index (χ2n) is 17.4. The van der Waals surface area contributed by atoms with E-state index in [0.717, 1.165) is 65.0 Å². The Morgan fingerprint density at radius 3 is 2.51 bits per heavy atom. The van der Waals surface area contributed by atoms with Crippen LogP contribution in [-0.4, -0.2) is 111 Å². The monoisotopic (exact) mass is 776 g/mol. The molecule has 12 heteroatoms. The Balaban J connectivity index is 1.29. The van der Waals surface area contributed by atoms with Crippen LogP contribution in [0.15, 0.2) is 60.3 Å². The third kappa shape index (κ3) is 4.28. The molecule has 3 aromatic rings. The molecule has 0 radical (unpaired) electrons. The highest BCUT2D eigenvalue weighted by Gasteiger charge is 2.87. The van der Waals surface area contributed by atoms with Crippen LogP contribution in [0, 0.1) is 11.3 Å². The number of hydrogen-bond donors (Lipinski definition) is 1. The highest BCUT2D eigenvalue weighted by molar-refractivity contribution is 5.95. The number of carbonyl (C=O) groups excluding carboxylic acids is 3. The molecule has 10 rings (SSSR count). The van der Waals surface area contributed by atoms with Gasteiger partial charge >= 0.3 is 17.9 Å². The SMILES string of the molecule is CCC1=C[C@@H]2CN(C1)Cc1c([nH]c3ccccc13)[C@@](C(=O)OC)(c1cc3c(cc1OC)N(C)[C@H]1C4(C(=O)OC)OC5C=CN6CC[C@]31[C@@H]6[C@]5(CC)[C@H]4OC(C)=O)C2. The number of hydrogen-bond acceptors (Lipinski definition) is 11. The molecule has 2 aromatic carbocycles. The number of ether oxygens (including phenoxy) is 5. The van der Waals surface area contributed by atoms with Crippen molar-refractivity contribution in [1.29, 1.82) is 0 Å². The van der Waals surface area contributed by atoms with E-state index in [1.54, 1.807) is 7.11 Å². The minimum Gasteiger partial charge on any atom is -0.496 e. The summed E-state index contributed by atoms with van der Waals surface area (Å²) in [6.45, 7) is 8.80. The highest BCUT2D eigenvalue weighted by Crippen LogP contribution is 2.73. The number of carbonyl (C=O) groups is 3. The van der Waals surface area contributed by atoms with E-state index in [0.29, 0.717) is 31.6 Å². The van der Waals surface area contributed by atoms with E-state index in [2.05, 4.69) is 70.1 Å². The number of H-pyrrole nitrogens is 1. The van der Waals surface area contributed by atoms with Gasteiger partial charge in [0.2, 0.25) is 5.60 Å². The number of para-hydroxylation sites is 1. The molecule has 6 aliphatic heterocycles. The molecule has 2 saturated heterocycles. The average molecular weight is 777 g/mol. The van der Waals surface area contributed by atoms with Crippen LogP contribution in [0.2, 0.25) is 0 Å². The van der Waals surface area contributed by atoms with E-state index in [9.17, 15) is 9.59 Å². The first-order valence-corrected chi connectivity index (χ1v) is 20.4. The van der Waals surface area contributed by atoms with Crippen LogP contribution in [0.25, 0.3) is 10.9 Å². The molecule has 3 fully saturated rings. The predicted octanol–water partition coefficient (Wildman–Crippen LogP) is 5.12. The molecule has 1 N–H and O–H groups in total. The number of anilines is 1. The molecule has 57 heavy (non-hydrogen) atoms. The summed E-state index contributed by atoms with van der Waals surface area (Å²) in [7, 11) is 6.50. The number of fused-ring (bicyclic) bond motifs is 8. The van der Waals surface area contributed by atoms with Gasteiger partial charge in [0.15, 0.2) is 6.10 Å². The van der Waals surface area contributed by atoms with E-state index >= 15 is 4.79 Å². The summed E-state index contributed by atoms with van der Waals surface area (Å²) in [5, 5.41) is 1.08. The maximum Gasteiger partial charge on any atom is 0.344 e. The van der Waals surface area contributed by atoms with Crippen molar-refractivity contribution in [3.8, 4) is 5.75 Å². The second-order valence-corrected chi connectivity index (χ2v) is 17.4. The quantitative estimate of drug-likeness (QED) is 0.196. The summed E-state index contributed by atoms with van der Waals surface area (Å²) in [5.74, 6) is -0.786. The minimum absolute atomic E-state index is 0.0551. The molecule has 1 saturated carbocycles. The standard InChI is InChI=1S/C45H52N4O8/c1-8-26-18-27-21-44(40(51)54-6,36-29(24-48(22-26)23-27)28-12-10-11-13-32(28)46-36)31-19-30-33(20-34(31)53-5)47(4)38-43(30)15-17-49-16-14-35-42(9-2,37(43)49)39(56-25(3)50)45(38,57-35)41(52)55-7/h10-14,16,18-20,27,35,37-39,46H,8-9,15,17,21-24H2,1-7H3/t27-,35?,37-,38+,39+,42+,43+,44-,45?/m0/s1. The number of rotatable bonds is 7. The fourth-order valence-corrected chi connectivity index (χ4v) is 13.4. The largest absolute Gasteiger partial charge is 0.496 e. The number of nitrogens with one attached hydrogen (secondary N) is 1. The number of benzene rings is 2. The Kier molecular flexibility index (Phi) is 7.91. The molecule has 300 valence electrons. The summed E-state index contributed by atoms with van der Waals surface area (Å²) < 4.78 is 31.4. The first-order chi connectivity index (χ1) is 27.5. The Morgan fingerprint density at radius 2 is 1.79 bits per heavy atom. The van der Waals surface area contributed by atoms with Gasteiger partial charge < -0.3 is 38.5 Å². The first-order valence-electron chi connectivity index (χ1n) is 20.4. The van der Waals surface area contributed by atoms with Crippen molar-refractivity contribution in [3.63, 3.8) is 0 Å². The molecule has 10 atom stereocenters. The van der Waals surface area contributed by atoms with E-state index in [1.807, 2.05) is 25.3 Å². The van der Waals surface area contributed by atoms with Gasteiger partial charge in [0.25, 0.3) is 0 Å². The lowest BCUT2D eigenvalue weighted by atomic mass is 9.48. The van der Waals surface area contributed by atoms with Gasteiger partial charge in [-0.3, -0.25) is 14.5 Å². The van der Waals surface area contributed by atoms with Crippen LogP contribution in [0.3, 0.4) is 0 Å². The molecule has 1 aliphatic carbocycles. The van der Waals surface area contributed by atoms with Crippen molar-refractivity contribution in [1.82, 2.24) is 14.8 Å². The summed E-state index contributed by atoms with van der Waals surface area (Å²) in [6, 6.07) is 11.7. The van der Waals surface area contributed by atoms with E-state index in [1.165, 1.54) is 26.7 Å². The van der Waals surface area contributed by atoms with Gasteiger partial charge in [-0.1, -0.05) is 43.7 Å². The van der Waals surface area contributed by atoms with Gasteiger partial charge in [-0.15, -0.1) is 0 Å². The molecule has 4 bridgehead atoms. The zero-order chi connectivity index (χ0) is 39.8. The number of likely N-dealkylation sites (N-methyl/N-ethyl adjacent to an activating group) is 1. The summed E-state index contributed by atoms with van der Waals surface area (Å²) >= 11 is 0. The topological polar surface area (TPSA) is 123 Å². The fraction of sp³-hybridized carbons (Fsp3) is 0.533. The van der Waals surface area contributed by atoms with Crippen LogP contribution in [-0.2, 0) is 50.7 Å². The molecule has 7 heterocycles. The predicted molar refractivity (Wildman–Crippen MR) is 212 cm³/mol. The summed E-state index contributed by atoms with van der Waals surface area (Å²) in [6.07, 6.45) is 7.78. The van der Waals surface area contributed by atoms with Crippen molar-refractivity contribution in [2.24, 2.45) is 11.3 Å². The zero-order valence-electron chi connectivity index (χ0n) is 33.8. The lowest BCUT2D eigenvalue weighted by molar-refractivity contribution is -0.198. The minimum atomic E-state index is -1.65. The Labute approximate surface area is 333 Å². The molecule has 1 spiro atoms. The van der Waals surface area contributed by atoms with Crippen LogP contribution in [0.4, 0.5) is 5.69 Å². The molecule has 0 amide bonds. The van der Waals surface area contributed by atoms with Gasteiger partial charge in [-0.2, -0.15) is 0 Å². The van der Waals surface area contributed by atoms with E-state index in [-0.39, 0.29) is 17.9 Å². The van der Waals surface area contributed by atoms with Gasteiger partial charge in [0.05, 0.1) is 44.9 Å². The van der Waals surface area contributed by atoms with E-state index < -0.39 is 52.0 Å². The van der Waals surface area contributed by atoms with Crippen molar-refractivity contribution in [3.05, 3.63) is 82.7 Å². The first kappa shape index (κ1) is 36.5. The number of methoxy groups -OCH3 is 3. The smallest absolute Gasteiger partial charge is 0.344 e. The molecule has 1 aromatic heterocycles. The second kappa shape index (κ2) is 12.3. The zero-order valence-corrected chi connectivity index (χ0v) is 33.8. The van der Waals surface area contributed by atoms with Crippen molar-refractivity contribution in [2.75, 3.05) is 52.9 Å². The van der Waals surface area contributed by atoms with Gasteiger partial charge in [-0.25, -0.2) is 4.79 Å². The van der Waals surface area contributed by atoms with Crippen LogP contribution < -0.4 is 9.64 Å². The molecule has 3 unspecified atom stereocenters. The van der Waals surface area contributed by atoms with Crippen molar-refractivity contribution in [2.45, 2.75) is 93.7 Å². The fourth-order valence-electron chi connectivity index (χ4n) is 13.4. The Hall–Kier alpha value is -4.81. The van der Waals surface area contributed by atoms with Crippen LogP contribution in [0.1, 0.15) is 68.8 Å². The average Bonchev–Trinajstić information content (AvgIpc) is 3.93. The van der Waals surface area contributed by atoms with Gasteiger partial charge in [0.1, 0.15) is 11.2 Å². The van der Waals surface area contributed by atoms with Crippen molar-refractivity contribution < 1.29 is 38.1 Å². The lowest BCUT2D eigenvalue weighted by Crippen LogP contribution is -2.78. The van der Waals surface area contributed by atoms with Crippen LogP contribution >= 0.6 is 0 Å². The molecular formula is C45H52N4O8. The number of aromatic amines is 1. The summed E-state index contributed by atoms with van der Waals surface area (Å²) in [5.41, 5.74) is 2.43. The number of esters is 3. The Morgan fingerprint density at radius 1 is 1.00 bits per heavy atom. The Bertz CT molecular complexity index is 2300. The maximum atomic E-state index is 15.2. The molecule has 12 nitrogen and oxygen atoms in total. The van der Waals surface area contributed by atoms with Crippen molar-refractivity contribution >= 4 is 34.5 Å². The molecule has 7 aliphatic rings. The maximum absolute atomic E-state index is 15.2. The van der Waals surface area contributed by atoms with E-state index in [4.69, 9.17) is 23.7 Å². The third-order valence-corrected chi connectivity index (χ3v) is 15.2. The third-order valence-electron chi connectivity index (χ3n) is 15.2. The van der Waals surface area contributed by atoms with Gasteiger partial charge in [0, 0.05) is 79.5 Å². The lowest BCUT2D eigenvalue weighted by Gasteiger charge is -2.59. The molecular weight excluding hydrogens is 725 g/mol. The normalized spacial score (nSPS) is 36.4. The van der Waals surface area contributed by atoms with Crippen LogP contribution in [0.5, 0.6) is 5.75 Å². The van der Waals surface area contributed by atoms with Gasteiger partial charge in [-0.05, 0) is 67.1 Å². The summed E-state index contributed by atoms with van der Waals surface area (Å²) in [4.78, 5) is 53.7.